The first-order valence-corrected chi connectivity index (χ1v) is 6.75. The Morgan fingerprint density at radius 2 is 2.00 bits per heavy atom. The normalized spacial score (nSPS) is 11.7. The van der Waals surface area contributed by atoms with E-state index in [4.69, 9.17) is 0 Å². The van der Waals surface area contributed by atoms with Crippen LogP contribution in [0.3, 0.4) is 0 Å². The smallest absolute Gasteiger partial charge is 0.0638 e. The summed E-state index contributed by atoms with van der Waals surface area (Å²) < 4.78 is 2.09. The first-order chi connectivity index (χ1) is 7.99. The minimum atomic E-state index is 0.527. The van der Waals surface area contributed by atoms with E-state index >= 15 is 0 Å². The number of nitrogens with zero attached hydrogens (tertiary/aromatic N) is 2. The monoisotopic (exact) mass is 237 g/mol. The molecule has 1 aromatic rings. The number of hydrogen-bond acceptors (Lipinski definition) is 2. The molecule has 3 heteroatoms. The quantitative estimate of drug-likeness (QED) is 0.789. The van der Waals surface area contributed by atoms with E-state index in [-0.39, 0.29) is 0 Å². The van der Waals surface area contributed by atoms with Crippen molar-refractivity contribution >= 4 is 0 Å². The Labute approximate surface area is 106 Å². The van der Waals surface area contributed by atoms with Gasteiger partial charge < -0.3 is 5.32 Å². The molecule has 1 aromatic heterocycles. The molecule has 0 saturated carbocycles. The van der Waals surface area contributed by atoms with Gasteiger partial charge in [0.25, 0.3) is 0 Å². The zero-order valence-electron chi connectivity index (χ0n) is 12.0. The predicted molar refractivity (Wildman–Crippen MR) is 73.0 cm³/mol. The van der Waals surface area contributed by atoms with Crippen LogP contribution in [0.2, 0.25) is 0 Å². The molecule has 0 spiro atoms. The minimum Gasteiger partial charge on any atom is -0.310 e. The highest BCUT2D eigenvalue weighted by molar-refractivity contribution is 5.15. The second-order valence-corrected chi connectivity index (χ2v) is 5.57. The van der Waals surface area contributed by atoms with Crippen molar-refractivity contribution in [2.45, 2.75) is 66.6 Å². The first-order valence-electron chi connectivity index (χ1n) is 6.75. The number of hydrogen-bond donors (Lipinski definition) is 1. The molecule has 0 amide bonds. The van der Waals surface area contributed by atoms with Crippen molar-refractivity contribution in [3.05, 3.63) is 17.5 Å². The molecule has 0 bridgehead atoms. The molecule has 3 nitrogen and oxygen atoms in total. The Bertz CT molecular complexity index is 326. The highest BCUT2D eigenvalue weighted by Gasteiger charge is 2.05. The van der Waals surface area contributed by atoms with Crippen LogP contribution >= 0.6 is 0 Å². The maximum Gasteiger partial charge on any atom is 0.0638 e. The molecule has 1 heterocycles. The summed E-state index contributed by atoms with van der Waals surface area (Å²) in [6.07, 6.45) is 4.68. The molecule has 1 rings (SSSR count). The van der Waals surface area contributed by atoms with Gasteiger partial charge in [-0.2, -0.15) is 5.10 Å². The number of aryl methyl sites for hydroxylation is 2. The van der Waals surface area contributed by atoms with Crippen molar-refractivity contribution in [3.8, 4) is 0 Å². The van der Waals surface area contributed by atoms with Crippen LogP contribution in [0.15, 0.2) is 6.20 Å². The average molecular weight is 237 g/mol. The number of rotatable bonds is 7. The summed E-state index contributed by atoms with van der Waals surface area (Å²) in [4.78, 5) is 0. The molecule has 0 aliphatic carbocycles. The average Bonchev–Trinajstić information content (AvgIpc) is 2.55. The van der Waals surface area contributed by atoms with E-state index in [0.717, 1.165) is 24.7 Å². The van der Waals surface area contributed by atoms with Crippen LogP contribution < -0.4 is 5.32 Å². The Kier molecular flexibility index (Phi) is 5.69. The Balaban J connectivity index is 2.44. The molecule has 17 heavy (non-hydrogen) atoms. The zero-order chi connectivity index (χ0) is 12.8. The van der Waals surface area contributed by atoms with E-state index in [2.05, 4.69) is 55.9 Å². The van der Waals surface area contributed by atoms with Gasteiger partial charge in [0.05, 0.1) is 5.69 Å². The third-order valence-electron chi connectivity index (χ3n) is 2.92. The largest absolute Gasteiger partial charge is 0.310 e. The molecular weight excluding hydrogens is 210 g/mol. The van der Waals surface area contributed by atoms with Gasteiger partial charge in [0, 0.05) is 30.9 Å². The molecule has 0 atom stereocenters. The van der Waals surface area contributed by atoms with E-state index in [1.54, 1.807) is 0 Å². The summed E-state index contributed by atoms with van der Waals surface area (Å²) in [7, 11) is 0. The van der Waals surface area contributed by atoms with Gasteiger partial charge in [-0.15, -0.1) is 0 Å². The molecule has 0 saturated heterocycles. The van der Waals surface area contributed by atoms with Crippen LogP contribution in [0.5, 0.6) is 0 Å². The Morgan fingerprint density at radius 1 is 1.29 bits per heavy atom. The molecule has 0 fully saturated rings. The van der Waals surface area contributed by atoms with Gasteiger partial charge in [0.15, 0.2) is 0 Å². The summed E-state index contributed by atoms with van der Waals surface area (Å²) in [6.45, 7) is 12.9. The standard InChI is InChI=1S/C14H27N3/c1-11(2)7-6-8-17-10-14(13(5)16-17)9-15-12(3)4/h10-12,15H,6-9H2,1-5H3. The maximum atomic E-state index is 4.56. The predicted octanol–water partition coefficient (Wildman–Crippen LogP) is 3.13. The Hall–Kier alpha value is -0.830. The van der Waals surface area contributed by atoms with Crippen LogP contribution in [-0.2, 0) is 13.1 Å². The lowest BCUT2D eigenvalue weighted by Gasteiger charge is -2.06. The van der Waals surface area contributed by atoms with Gasteiger partial charge in [-0.05, 0) is 25.7 Å². The Morgan fingerprint density at radius 3 is 2.59 bits per heavy atom. The molecule has 98 valence electrons. The van der Waals surface area contributed by atoms with E-state index in [1.807, 2.05) is 0 Å². The second-order valence-electron chi connectivity index (χ2n) is 5.57. The molecule has 0 unspecified atom stereocenters. The SMILES string of the molecule is Cc1nn(CCCC(C)C)cc1CNC(C)C. The van der Waals surface area contributed by atoms with Gasteiger partial charge in [0.1, 0.15) is 0 Å². The van der Waals surface area contributed by atoms with Crippen LogP contribution in [0.25, 0.3) is 0 Å². The fraction of sp³-hybridized carbons (Fsp3) is 0.786. The number of nitrogens with one attached hydrogen (secondary N) is 1. The zero-order valence-corrected chi connectivity index (χ0v) is 12.0. The van der Waals surface area contributed by atoms with Crippen molar-refractivity contribution < 1.29 is 0 Å². The topological polar surface area (TPSA) is 29.9 Å². The van der Waals surface area contributed by atoms with Gasteiger partial charge in [0.2, 0.25) is 0 Å². The fourth-order valence-corrected chi connectivity index (χ4v) is 1.82. The maximum absolute atomic E-state index is 4.56. The highest BCUT2D eigenvalue weighted by atomic mass is 15.3. The third-order valence-corrected chi connectivity index (χ3v) is 2.92. The first kappa shape index (κ1) is 14.2. The van der Waals surface area contributed by atoms with Gasteiger partial charge >= 0.3 is 0 Å². The van der Waals surface area contributed by atoms with Crippen molar-refractivity contribution in [3.63, 3.8) is 0 Å². The van der Waals surface area contributed by atoms with Crippen LogP contribution in [0.4, 0.5) is 0 Å². The summed E-state index contributed by atoms with van der Waals surface area (Å²) in [6, 6.07) is 0.527. The van der Waals surface area contributed by atoms with Crippen LogP contribution in [-0.4, -0.2) is 15.8 Å². The second kappa shape index (κ2) is 6.80. The van der Waals surface area contributed by atoms with Crippen LogP contribution in [0.1, 0.15) is 51.8 Å². The molecule has 0 radical (unpaired) electrons. The van der Waals surface area contributed by atoms with E-state index in [0.29, 0.717) is 6.04 Å². The minimum absolute atomic E-state index is 0.527. The highest BCUT2D eigenvalue weighted by Crippen LogP contribution is 2.09. The molecule has 1 N–H and O–H groups in total. The molecular formula is C14H27N3. The van der Waals surface area contributed by atoms with Crippen molar-refractivity contribution in [1.82, 2.24) is 15.1 Å². The van der Waals surface area contributed by atoms with Crippen LogP contribution in [0, 0.1) is 12.8 Å². The van der Waals surface area contributed by atoms with E-state index in [1.165, 1.54) is 18.4 Å². The third kappa shape index (κ3) is 5.35. The summed E-state index contributed by atoms with van der Waals surface area (Å²) in [5, 5.41) is 8.00. The van der Waals surface area contributed by atoms with Gasteiger partial charge in [-0.1, -0.05) is 27.7 Å². The lowest BCUT2D eigenvalue weighted by molar-refractivity contribution is 0.488. The van der Waals surface area contributed by atoms with Crippen molar-refractivity contribution in [1.29, 1.82) is 0 Å². The fourth-order valence-electron chi connectivity index (χ4n) is 1.82. The summed E-state index contributed by atoms with van der Waals surface area (Å²) in [5.41, 5.74) is 2.48. The summed E-state index contributed by atoms with van der Waals surface area (Å²) in [5.74, 6) is 0.786. The van der Waals surface area contributed by atoms with Gasteiger partial charge in [-0.25, -0.2) is 0 Å². The lowest BCUT2D eigenvalue weighted by atomic mass is 10.1. The van der Waals surface area contributed by atoms with Gasteiger partial charge in [-0.3, -0.25) is 4.68 Å². The van der Waals surface area contributed by atoms with Crippen molar-refractivity contribution in [2.75, 3.05) is 0 Å². The molecule has 0 aliphatic heterocycles. The van der Waals surface area contributed by atoms with E-state index < -0.39 is 0 Å². The van der Waals surface area contributed by atoms with Crippen molar-refractivity contribution in [2.24, 2.45) is 5.92 Å². The molecule has 0 aliphatic rings. The number of aromatic nitrogens is 2. The van der Waals surface area contributed by atoms with E-state index in [9.17, 15) is 0 Å². The summed E-state index contributed by atoms with van der Waals surface area (Å²) >= 11 is 0. The molecule has 0 aromatic carbocycles. The lowest BCUT2D eigenvalue weighted by Crippen LogP contribution is -2.21.